The second kappa shape index (κ2) is 5.42. The summed E-state index contributed by atoms with van der Waals surface area (Å²) in [5.74, 6) is 2.63. The molecule has 3 rings (SSSR count). The zero-order valence-corrected chi connectivity index (χ0v) is 11.6. The lowest BCUT2D eigenvalue weighted by atomic mass is 10.2. The molecule has 2 aromatic rings. The molecule has 0 saturated carbocycles. The Hall–Kier alpha value is -2.21. The Morgan fingerprint density at radius 2 is 2.15 bits per heavy atom. The molecule has 0 bridgehead atoms. The lowest BCUT2D eigenvalue weighted by molar-refractivity contribution is 0.174. The summed E-state index contributed by atoms with van der Waals surface area (Å²) in [5.41, 5.74) is 1.05. The lowest BCUT2D eigenvalue weighted by Gasteiger charge is -2.09. The predicted octanol–water partition coefficient (Wildman–Crippen LogP) is 2.51. The van der Waals surface area contributed by atoms with Crippen LogP contribution in [0.25, 0.3) is 0 Å². The van der Waals surface area contributed by atoms with Crippen molar-refractivity contribution in [3.8, 4) is 11.5 Å². The minimum absolute atomic E-state index is 0.273. The Morgan fingerprint density at radius 3 is 3.00 bits per heavy atom. The van der Waals surface area contributed by atoms with Crippen LogP contribution in [0.1, 0.15) is 5.56 Å². The highest BCUT2D eigenvalue weighted by molar-refractivity contribution is 6.32. The molecular weight excluding hydrogens is 280 g/mol. The van der Waals surface area contributed by atoms with Crippen LogP contribution in [0.2, 0.25) is 5.02 Å². The number of halogens is 1. The maximum absolute atomic E-state index is 6.05. The van der Waals surface area contributed by atoms with Crippen molar-refractivity contribution < 1.29 is 9.47 Å². The van der Waals surface area contributed by atoms with E-state index >= 15 is 0 Å². The number of ether oxygens (including phenoxy) is 2. The maximum atomic E-state index is 6.05. The molecule has 0 fully saturated rings. The van der Waals surface area contributed by atoms with Crippen LogP contribution < -0.4 is 20.1 Å². The molecule has 0 atom stereocenters. The summed E-state index contributed by atoms with van der Waals surface area (Å²) >= 11 is 6.05. The number of rotatable bonds is 4. The topological polar surface area (TPSA) is 68.3 Å². The third-order valence-electron chi connectivity index (χ3n) is 2.86. The van der Waals surface area contributed by atoms with Crippen molar-refractivity contribution in [1.82, 2.24) is 9.97 Å². The van der Waals surface area contributed by atoms with Crippen LogP contribution in [0, 0.1) is 0 Å². The van der Waals surface area contributed by atoms with E-state index in [1.165, 1.54) is 0 Å². The van der Waals surface area contributed by atoms with E-state index in [1.807, 2.05) is 18.2 Å². The largest absolute Gasteiger partial charge is 0.454 e. The van der Waals surface area contributed by atoms with Crippen LogP contribution in [-0.4, -0.2) is 23.8 Å². The molecule has 1 aliphatic heterocycles. The number of fused-ring (bicyclic) bond motifs is 1. The van der Waals surface area contributed by atoms with Crippen molar-refractivity contribution in [2.75, 3.05) is 24.5 Å². The summed E-state index contributed by atoms with van der Waals surface area (Å²) in [7, 11) is 1.75. The number of hydrogen-bond donors (Lipinski definition) is 2. The van der Waals surface area contributed by atoms with Crippen molar-refractivity contribution in [1.29, 1.82) is 0 Å². The van der Waals surface area contributed by atoms with Crippen LogP contribution >= 0.6 is 11.6 Å². The first kappa shape index (κ1) is 12.8. The standard InChI is InChI=1S/C13H13ClN4O2/c1-15-13-17-6-9(14)12(18-13)16-5-8-2-3-10-11(4-8)20-7-19-10/h2-4,6H,5,7H2,1H3,(H2,15,16,17,18). The molecular formula is C13H13ClN4O2. The fourth-order valence-corrected chi connectivity index (χ4v) is 2.01. The highest BCUT2D eigenvalue weighted by Crippen LogP contribution is 2.32. The van der Waals surface area contributed by atoms with Crippen molar-refractivity contribution in [3.05, 3.63) is 35.0 Å². The number of aromatic nitrogens is 2. The first-order valence-electron chi connectivity index (χ1n) is 6.09. The lowest BCUT2D eigenvalue weighted by Crippen LogP contribution is -2.05. The van der Waals surface area contributed by atoms with E-state index in [9.17, 15) is 0 Å². The third kappa shape index (κ3) is 2.55. The predicted molar refractivity (Wildman–Crippen MR) is 76.5 cm³/mol. The van der Waals surface area contributed by atoms with Gasteiger partial charge in [-0.3, -0.25) is 0 Å². The van der Waals surface area contributed by atoms with E-state index in [2.05, 4.69) is 20.6 Å². The molecule has 0 unspecified atom stereocenters. The molecule has 0 aliphatic carbocycles. The van der Waals surface area contributed by atoms with Crippen molar-refractivity contribution in [3.63, 3.8) is 0 Å². The molecule has 0 spiro atoms. The Balaban J connectivity index is 1.73. The highest BCUT2D eigenvalue weighted by Gasteiger charge is 2.13. The molecule has 0 saturated heterocycles. The van der Waals surface area contributed by atoms with Gasteiger partial charge < -0.3 is 20.1 Å². The molecule has 20 heavy (non-hydrogen) atoms. The Bertz CT molecular complexity index is 636. The summed E-state index contributed by atoms with van der Waals surface area (Å²) < 4.78 is 10.6. The van der Waals surface area contributed by atoms with Crippen LogP contribution in [0.3, 0.4) is 0 Å². The van der Waals surface area contributed by atoms with Crippen LogP contribution in [-0.2, 0) is 6.54 Å². The van der Waals surface area contributed by atoms with E-state index in [1.54, 1.807) is 13.2 Å². The van der Waals surface area contributed by atoms with Gasteiger partial charge in [-0.2, -0.15) is 4.98 Å². The second-order valence-corrected chi connectivity index (χ2v) is 4.59. The van der Waals surface area contributed by atoms with Gasteiger partial charge in [0.1, 0.15) is 5.02 Å². The molecule has 2 heterocycles. The molecule has 6 nitrogen and oxygen atoms in total. The van der Waals surface area contributed by atoms with Gasteiger partial charge in [0, 0.05) is 13.6 Å². The molecule has 7 heteroatoms. The smallest absolute Gasteiger partial charge is 0.231 e. The van der Waals surface area contributed by atoms with Gasteiger partial charge in [-0.25, -0.2) is 4.98 Å². The van der Waals surface area contributed by atoms with E-state index < -0.39 is 0 Å². The first-order chi connectivity index (χ1) is 9.76. The zero-order valence-electron chi connectivity index (χ0n) is 10.8. The van der Waals surface area contributed by atoms with Crippen LogP contribution in [0.15, 0.2) is 24.4 Å². The number of nitrogens with one attached hydrogen (secondary N) is 2. The number of nitrogens with zero attached hydrogens (tertiary/aromatic N) is 2. The monoisotopic (exact) mass is 292 g/mol. The molecule has 1 aliphatic rings. The molecule has 0 radical (unpaired) electrons. The molecule has 104 valence electrons. The zero-order chi connectivity index (χ0) is 13.9. The summed E-state index contributed by atoms with van der Waals surface area (Å²) in [6.45, 7) is 0.853. The average molecular weight is 293 g/mol. The fraction of sp³-hybridized carbons (Fsp3) is 0.231. The van der Waals surface area contributed by atoms with Gasteiger partial charge in [0.2, 0.25) is 12.7 Å². The molecule has 2 N–H and O–H groups in total. The Morgan fingerprint density at radius 1 is 1.30 bits per heavy atom. The molecule has 1 aromatic heterocycles. The minimum Gasteiger partial charge on any atom is -0.454 e. The Kier molecular flexibility index (Phi) is 3.47. The normalized spacial score (nSPS) is 12.3. The van der Waals surface area contributed by atoms with Gasteiger partial charge in [-0.05, 0) is 17.7 Å². The van der Waals surface area contributed by atoms with Gasteiger partial charge in [-0.15, -0.1) is 0 Å². The van der Waals surface area contributed by atoms with E-state index in [4.69, 9.17) is 21.1 Å². The quantitative estimate of drug-likeness (QED) is 0.902. The molecule has 0 amide bonds. The summed E-state index contributed by atoms with van der Waals surface area (Å²) in [4.78, 5) is 8.29. The van der Waals surface area contributed by atoms with Crippen molar-refractivity contribution in [2.45, 2.75) is 6.54 Å². The van der Waals surface area contributed by atoms with Gasteiger partial charge in [0.15, 0.2) is 17.3 Å². The summed E-state index contributed by atoms with van der Waals surface area (Å²) in [5, 5.41) is 6.52. The number of hydrogen-bond acceptors (Lipinski definition) is 6. The maximum Gasteiger partial charge on any atom is 0.231 e. The van der Waals surface area contributed by atoms with Gasteiger partial charge >= 0.3 is 0 Å². The number of benzene rings is 1. The average Bonchev–Trinajstić information content (AvgIpc) is 2.94. The SMILES string of the molecule is CNc1ncc(Cl)c(NCc2ccc3c(c2)OCO3)n1. The Labute approximate surface area is 121 Å². The van der Waals surface area contributed by atoms with Crippen molar-refractivity contribution >= 4 is 23.4 Å². The molecule has 1 aromatic carbocycles. The first-order valence-corrected chi connectivity index (χ1v) is 6.47. The fourth-order valence-electron chi connectivity index (χ4n) is 1.85. The minimum atomic E-state index is 0.273. The summed E-state index contributed by atoms with van der Waals surface area (Å²) in [6, 6.07) is 5.79. The van der Waals surface area contributed by atoms with Gasteiger partial charge in [0.25, 0.3) is 0 Å². The van der Waals surface area contributed by atoms with Gasteiger partial charge in [-0.1, -0.05) is 17.7 Å². The third-order valence-corrected chi connectivity index (χ3v) is 3.14. The summed E-state index contributed by atoms with van der Waals surface area (Å²) in [6.07, 6.45) is 1.56. The number of anilines is 2. The van der Waals surface area contributed by atoms with Gasteiger partial charge in [0.05, 0.1) is 6.20 Å². The van der Waals surface area contributed by atoms with E-state index in [0.717, 1.165) is 17.1 Å². The van der Waals surface area contributed by atoms with E-state index in [0.29, 0.717) is 23.3 Å². The second-order valence-electron chi connectivity index (χ2n) is 4.18. The van der Waals surface area contributed by atoms with E-state index in [-0.39, 0.29) is 6.79 Å². The van der Waals surface area contributed by atoms with Crippen LogP contribution in [0.5, 0.6) is 11.5 Å². The van der Waals surface area contributed by atoms with Crippen molar-refractivity contribution in [2.24, 2.45) is 0 Å². The van der Waals surface area contributed by atoms with Crippen LogP contribution in [0.4, 0.5) is 11.8 Å². The highest BCUT2D eigenvalue weighted by atomic mass is 35.5.